The van der Waals surface area contributed by atoms with Crippen molar-refractivity contribution < 1.29 is 4.79 Å². The second kappa shape index (κ2) is 7.90. The molecule has 0 spiro atoms. The molecule has 3 rings (SSSR count). The van der Waals surface area contributed by atoms with E-state index in [1.165, 1.54) is 11.1 Å². The van der Waals surface area contributed by atoms with Crippen LogP contribution in [0.15, 0.2) is 42.6 Å². The summed E-state index contributed by atoms with van der Waals surface area (Å²) in [6.45, 7) is 3.72. The molecular weight excluding hydrogens is 300 g/mol. The number of amides is 1. The zero-order valence-electron chi connectivity index (χ0n) is 14.1. The van der Waals surface area contributed by atoms with Crippen molar-refractivity contribution in [3.63, 3.8) is 0 Å². The fourth-order valence-electron chi connectivity index (χ4n) is 3.24. The van der Waals surface area contributed by atoms with Crippen LogP contribution < -0.4 is 10.2 Å². The Morgan fingerprint density at radius 2 is 2.25 bits per heavy atom. The van der Waals surface area contributed by atoms with E-state index < -0.39 is 0 Å². The van der Waals surface area contributed by atoms with Gasteiger partial charge in [0.15, 0.2) is 5.82 Å². The minimum Gasteiger partial charge on any atom is -0.354 e. The minimum atomic E-state index is 0.113. The molecule has 0 aliphatic carbocycles. The van der Waals surface area contributed by atoms with E-state index in [0.29, 0.717) is 19.0 Å². The van der Waals surface area contributed by atoms with Crippen molar-refractivity contribution >= 4 is 11.7 Å². The van der Waals surface area contributed by atoms with E-state index in [2.05, 4.69) is 45.5 Å². The van der Waals surface area contributed by atoms with Gasteiger partial charge in [0.25, 0.3) is 0 Å². The summed E-state index contributed by atoms with van der Waals surface area (Å²) >= 11 is 0. The molecule has 5 nitrogen and oxygen atoms in total. The van der Waals surface area contributed by atoms with Crippen LogP contribution in [-0.2, 0) is 11.2 Å². The average Bonchev–Trinajstić information content (AvgIpc) is 3.07. The molecule has 1 N–H and O–H groups in total. The van der Waals surface area contributed by atoms with Crippen molar-refractivity contribution in [1.82, 2.24) is 15.5 Å². The molecule has 1 aliphatic heterocycles. The molecule has 0 saturated carbocycles. The maximum Gasteiger partial charge on any atom is 0.220 e. The average molecular weight is 324 g/mol. The lowest BCUT2D eigenvalue weighted by Gasteiger charge is -2.25. The van der Waals surface area contributed by atoms with Crippen LogP contribution in [0.25, 0.3) is 0 Å². The first-order valence-corrected chi connectivity index (χ1v) is 8.59. The molecule has 24 heavy (non-hydrogen) atoms. The summed E-state index contributed by atoms with van der Waals surface area (Å²) in [6, 6.07) is 12.5. The number of aryl methyl sites for hydroxylation is 2. The molecule has 0 radical (unpaired) electrons. The molecule has 1 aromatic carbocycles. The van der Waals surface area contributed by atoms with E-state index in [-0.39, 0.29) is 5.91 Å². The van der Waals surface area contributed by atoms with Gasteiger partial charge in [0, 0.05) is 31.7 Å². The molecule has 1 fully saturated rings. The Balaban J connectivity index is 1.47. The first kappa shape index (κ1) is 16.4. The normalized spacial score (nSPS) is 17.0. The summed E-state index contributed by atoms with van der Waals surface area (Å²) < 4.78 is 0. The van der Waals surface area contributed by atoms with Crippen LogP contribution >= 0.6 is 0 Å². The fourth-order valence-corrected chi connectivity index (χ4v) is 3.24. The molecule has 0 bridgehead atoms. The van der Waals surface area contributed by atoms with Gasteiger partial charge in [-0.3, -0.25) is 4.79 Å². The molecule has 1 saturated heterocycles. The van der Waals surface area contributed by atoms with Crippen LogP contribution in [0.1, 0.15) is 30.4 Å². The van der Waals surface area contributed by atoms with E-state index in [0.717, 1.165) is 31.6 Å². The van der Waals surface area contributed by atoms with Crippen molar-refractivity contribution in [3.8, 4) is 0 Å². The van der Waals surface area contributed by atoms with Crippen LogP contribution in [0.2, 0.25) is 0 Å². The summed E-state index contributed by atoms with van der Waals surface area (Å²) in [5, 5.41) is 11.2. The van der Waals surface area contributed by atoms with Gasteiger partial charge in [-0.2, -0.15) is 5.10 Å². The molecule has 1 unspecified atom stereocenters. The summed E-state index contributed by atoms with van der Waals surface area (Å²) in [7, 11) is 0. The molecule has 1 aliphatic rings. The number of nitrogens with one attached hydrogen (secondary N) is 1. The molecule has 1 amide bonds. The van der Waals surface area contributed by atoms with Gasteiger partial charge in [0.05, 0.1) is 0 Å². The summed E-state index contributed by atoms with van der Waals surface area (Å²) in [6.07, 6.45) is 5.20. The minimum absolute atomic E-state index is 0.113. The number of nitrogens with zero attached hydrogens (tertiary/aromatic N) is 3. The van der Waals surface area contributed by atoms with Crippen molar-refractivity contribution in [2.24, 2.45) is 0 Å². The van der Waals surface area contributed by atoms with Gasteiger partial charge in [0.2, 0.25) is 5.91 Å². The van der Waals surface area contributed by atoms with Crippen molar-refractivity contribution in [2.75, 3.05) is 18.0 Å². The van der Waals surface area contributed by atoms with E-state index in [1.54, 1.807) is 6.20 Å². The smallest absolute Gasteiger partial charge is 0.220 e. The Kier molecular flexibility index (Phi) is 5.41. The molecule has 126 valence electrons. The Bertz CT molecular complexity index is 674. The van der Waals surface area contributed by atoms with E-state index in [1.807, 2.05) is 18.2 Å². The lowest BCUT2D eigenvalue weighted by molar-refractivity contribution is -0.121. The first-order chi connectivity index (χ1) is 11.7. The predicted octanol–water partition coefficient (Wildman–Crippen LogP) is 2.50. The first-order valence-electron chi connectivity index (χ1n) is 8.59. The third kappa shape index (κ3) is 4.31. The number of benzene rings is 1. The molecule has 2 aromatic rings. The second-order valence-electron chi connectivity index (χ2n) is 6.36. The van der Waals surface area contributed by atoms with Gasteiger partial charge in [-0.15, -0.1) is 5.10 Å². The second-order valence-corrected chi connectivity index (χ2v) is 6.36. The van der Waals surface area contributed by atoms with Gasteiger partial charge in [-0.25, -0.2) is 0 Å². The highest BCUT2D eigenvalue weighted by Gasteiger charge is 2.25. The Morgan fingerprint density at radius 1 is 1.33 bits per heavy atom. The third-order valence-electron chi connectivity index (χ3n) is 4.49. The molecule has 2 heterocycles. The van der Waals surface area contributed by atoms with Crippen molar-refractivity contribution in [1.29, 1.82) is 0 Å². The fraction of sp³-hybridized carbons (Fsp3) is 0.421. The molecule has 1 aromatic heterocycles. The van der Waals surface area contributed by atoms with E-state index in [9.17, 15) is 4.79 Å². The Morgan fingerprint density at radius 3 is 3.04 bits per heavy atom. The highest BCUT2D eigenvalue weighted by molar-refractivity contribution is 5.76. The van der Waals surface area contributed by atoms with Crippen molar-refractivity contribution in [3.05, 3.63) is 53.7 Å². The lowest BCUT2D eigenvalue weighted by Crippen LogP contribution is -2.40. The molecule has 1 atom stereocenters. The topological polar surface area (TPSA) is 58.1 Å². The standard InChI is InChI=1S/C19H24N4O/c1-15-5-2-6-16(13-15)9-10-19(24)20-14-17-7-4-12-23(17)18-8-3-11-21-22-18/h2-3,5-6,8,11,13,17H,4,7,9-10,12,14H2,1H3,(H,20,24). The van der Waals surface area contributed by atoms with Gasteiger partial charge in [-0.1, -0.05) is 29.8 Å². The van der Waals surface area contributed by atoms with Gasteiger partial charge >= 0.3 is 0 Å². The monoisotopic (exact) mass is 324 g/mol. The molecule has 5 heteroatoms. The van der Waals surface area contributed by atoms with Crippen LogP contribution in [0.5, 0.6) is 0 Å². The van der Waals surface area contributed by atoms with Gasteiger partial charge in [-0.05, 0) is 43.9 Å². The highest BCUT2D eigenvalue weighted by Crippen LogP contribution is 2.22. The van der Waals surface area contributed by atoms with E-state index in [4.69, 9.17) is 0 Å². The quantitative estimate of drug-likeness (QED) is 0.887. The van der Waals surface area contributed by atoms with Gasteiger partial charge in [0.1, 0.15) is 0 Å². The summed E-state index contributed by atoms with van der Waals surface area (Å²) in [5.74, 6) is 1.01. The van der Waals surface area contributed by atoms with Crippen LogP contribution in [0, 0.1) is 6.92 Å². The zero-order chi connectivity index (χ0) is 16.8. The predicted molar refractivity (Wildman–Crippen MR) is 94.9 cm³/mol. The number of hydrogen-bond acceptors (Lipinski definition) is 4. The third-order valence-corrected chi connectivity index (χ3v) is 4.49. The van der Waals surface area contributed by atoms with Crippen molar-refractivity contribution in [2.45, 2.75) is 38.6 Å². The maximum absolute atomic E-state index is 12.1. The maximum atomic E-state index is 12.1. The number of carbonyl (C=O) groups excluding carboxylic acids is 1. The summed E-state index contributed by atoms with van der Waals surface area (Å²) in [5.41, 5.74) is 2.45. The highest BCUT2D eigenvalue weighted by atomic mass is 16.1. The Hall–Kier alpha value is -2.43. The largest absolute Gasteiger partial charge is 0.354 e. The lowest BCUT2D eigenvalue weighted by atomic mass is 10.1. The van der Waals surface area contributed by atoms with E-state index >= 15 is 0 Å². The van der Waals surface area contributed by atoms with Crippen LogP contribution in [0.4, 0.5) is 5.82 Å². The number of hydrogen-bond donors (Lipinski definition) is 1. The zero-order valence-corrected chi connectivity index (χ0v) is 14.1. The molecular formula is C19H24N4O. The number of anilines is 1. The van der Waals surface area contributed by atoms with Gasteiger partial charge < -0.3 is 10.2 Å². The number of carbonyl (C=O) groups is 1. The Labute approximate surface area is 143 Å². The number of rotatable bonds is 6. The SMILES string of the molecule is Cc1cccc(CCC(=O)NCC2CCCN2c2cccnn2)c1. The summed E-state index contributed by atoms with van der Waals surface area (Å²) in [4.78, 5) is 14.4. The van der Waals surface area contributed by atoms with Crippen LogP contribution in [0.3, 0.4) is 0 Å². The number of aromatic nitrogens is 2. The van der Waals surface area contributed by atoms with Crippen LogP contribution in [-0.4, -0.2) is 35.2 Å².